The maximum Gasteiger partial charge on any atom is 0.337 e. The zero-order valence-corrected chi connectivity index (χ0v) is 14.8. The van der Waals surface area contributed by atoms with Crippen LogP contribution in [0.15, 0.2) is 36.4 Å². The lowest BCUT2D eigenvalue weighted by Crippen LogP contribution is -2.30. The van der Waals surface area contributed by atoms with Gasteiger partial charge < -0.3 is 14.8 Å². The molecule has 2 aromatic rings. The number of ether oxygens (including phenoxy) is 2. The summed E-state index contributed by atoms with van der Waals surface area (Å²) in [5.74, 6) is 0.0968. The van der Waals surface area contributed by atoms with Crippen molar-refractivity contribution in [3.63, 3.8) is 0 Å². The van der Waals surface area contributed by atoms with Gasteiger partial charge in [0.15, 0.2) is 0 Å². The zero-order valence-electron chi connectivity index (χ0n) is 14.8. The lowest BCUT2D eigenvalue weighted by molar-refractivity contribution is 0.0600. The molecule has 4 nitrogen and oxygen atoms in total. The largest absolute Gasteiger partial charge is 0.465 e. The summed E-state index contributed by atoms with van der Waals surface area (Å²) in [5.41, 5.74) is 6.75. The van der Waals surface area contributed by atoms with Gasteiger partial charge in [-0.15, -0.1) is 0 Å². The van der Waals surface area contributed by atoms with E-state index in [0.717, 1.165) is 13.0 Å². The molecule has 0 aromatic heterocycles. The van der Waals surface area contributed by atoms with Crippen molar-refractivity contribution < 1.29 is 14.3 Å². The van der Waals surface area contributed by atoms with Crippen LogP contribution in [0, 0.1) is 19.8 Å². The van der Waals surface area contributed by atoms with Crippen molar-refractivity contribution in [1.29, 1.82) is 0 Å². The van der Waals surface area contributed by atoms with Crippen molar-refractivity contribution in [3.8, 4) is 0 Å². The van der Waals surface area contributed by atoms with Gasteiger partial charge in [0.05, 0.1) is 24.8 Å². The van der Waals surface area contributed by atoms with Crippen molar-refractivity contribution in [2.45, 2.75) is 32.4 Å². The minimum Gasteiger partial charge on any atom is -0.465 e. The molecule has 0 amide bonds. The molecule has 0 aliphatic carbocycles. The van der Waals surface area contributed by atoms with E-state index in [9.17, 15) is 4.79 Å². The monoisotopic (exact) mass is 337 g/mol. The van der Waals surface area contributed by atoms with Gasteiger partial charge in [-0.1, -0.05) is 29.8 Å². The number of esters is 1. The predicted molar refractivity (Wildman–Crippen MR) is 96.9 cm³/mol. The summed E-state index contributed by atoms with van der Waals surface area (Å²) in [6.07, 6.45) is 1.17. The Hall–Kier alpha value is -2.33. The molecule has 2 aromatic carbocycles. The molecule has 0 spiro atoms. The van der Waals surface area contributed by atoms with Crippen LogP contribution in [0.3, 0.4) is 0 Å². The van der Waals surface area contributed by atoms with E-state index >= 15 is 0 Å². The number of carbonyl (C=O) groups is 1. The number of rotatable bonds is 2. The average Bonchev–Trinajstić information content (AvgIpc) is 3.11. The number of nitrogens with one attached hydrogen (secondary N) is 1. The van der Waals surface area contributed by atoms with Crippen LogP contribution in [0.2, 0.25) is 0 Å². The lowest BCUT2D eigenvalue weighted by Gasteiger charge is -2.37. The third-order valence-electron chi connectivity index (χ3n) is 5.37. The van der Waals surface area contributed by atoms with Gasteiger partial charge in [-0.2, -0.15) is 0 Å². The number of fused-ring (bicyclic) bond motifs is 3. The fourth-order valence-corrected chi connectivity index (χ4v) is 4.23. The van der Waals surface area contributed by atoms with Crippen molar-refractivity contribution in [3.05, 3.63) is 64.2 Å². The van der Waals surface area contributed by atoms with E-state index in [1.165, 1.54) is 35.1 Å². The van der Waals surface area contributed by atoms with E-state index < -0.39 is 0 Å². The molecule has 4 rings (SSSR count). The van der Waals surface area contributed by atoms with E-state index in [2.05, 4.69) is 31.3 Å². The summed E-state index contributed by atoms with van der Waals surface area (Å²) in [6.45, 7) is 5.07. The summed E-state index contributed by atoms with van der Waals surface area (Å²) in [6, 6.07) is 12.4. The van der Waals surface area contributed by atoms with E-state index in [1.54, 1.807) is 0 Å². The smallest absolute Gasteiger partial charge is 0.337 e. The highest BCUT2D eigenvalue weighted by Gasteiger charge is 2.41. The summed E-state index contributed by atoms with van der Waals surface area (Å²) >= 11 is 0. The predicted octanol–water partition coefficient (Wildman–Crippen LogP) is 4.33. The molecule has 0 bridgehead atoms. The number of aryl methyl sites for hydroxylation is 2. The Morgan fingerprint density at radius 3 is 2.68 bits per heavy atom. The number of carbonyl (C=O) groups excluding carboxylic acids is 1. The topological polar surface area (TPSA) is 47.6 Å². The molecule has 1 saturated heterocycles. The molecular weight excluding hydrogens is 314 g/mol. The second-order valence-corrected chi connectivity index (χ2v) is 7.03. The van der Waals surface area contributed by atoms with Crippen LogP contribution in [0.4, 0.5) is 5.69 Å². The second-order valence-electron chi connectivity index (χ2n) is 7.03. The van der Waals surface area contributed by atoms with E-state index in [1.807, 2.05) is 24.3 Å². The van der Waals surface area contributed by atoms with Gasteiger partial charge in [-0.25, -0.2) is 4.79 Å². The van der Waals surface area contributed by atoms with E-state index in [0.29, 0.717) is 11.5 Å². The standard InChI is InChI=1S/C21H23NO3/c1-12-10-13(2)18-17(11-12)20-16(8-9-25-20)19(22-18)14-4-6-15(7-5-14)21(23)24-3/h4-7,10-11,16,19-20,22H,8-9H2,1-3H3/t16-,19+,20-/m0/s1. The molecule has 1 fully saturated rings. The highest BCUT2D eigenvalue weighted by atomic mass is 16.5. The molecule has 0 radical (unpaired) electrons. The Balaban J connectivity index is 1.72. The van der Waals surface area contributed by atoms with Crippen LogP contribution in [0.25, 0.3) is 0 Å². The number of benzene rings is 2. The summed E-state index contributed by atoms with van der Waals surface area (Å²) in [7, 11) is 1.40. The highest BCUT2D eigenvalue weighted by Crippen LogP contribution is 2.50. The van der Waals surface area contributed by atoms with Crippen LogP contribution >= 0.6 is 0 Å². The first kappa shape index (κ1) is 16.2. The Morgan fingerprint density at radius 1 is 1.20 bits per heavy atom. The first-order valence-corrected chi connectivity index (χ1v) is 8.76. The average molecular weight is 337 g/mol. The molecule has 4 heteroatoms. The van der Waals surface area contributed by atoms with Gasteiger partial charge in [-0.05, 0) is 43.5 Å². The third kappa shape index (κ3) is 2.71. The van der Waals surface area contributed by atoms with Crippen LogP contribution in [-0.4, -0.2) is 19.7 Å². The number of hydrogen-bond acceptors (Lipinski definition) is 4. The molecule has 2 heterocycles. The molecule has 130 valence electrons. The van der Waals surface area contributed by atoms with Crippen molar-refractivity contribution in [2.24, 2.45) is 5.92 Å². The molecule has 1 N–H and O–H groups in total. The van der Waals surface area contributed by atoms with E-state index in [4.69, 9.17) is 9.47 Å². The zero-order chi connectivity index (χ0) is 17.6. The molecule has 3 atom stereocenters. The first-order valence-electron chi connectivity index (χ1n) is 8.76. The highest BCUT2D eigenvalue weighted by molar-refractivity contribution is 5.89. The van der Waals surface area contributed by atoms with Crippen LogP contribution in [0.5, 0.6) is 0 Å². The summed E-state index contributed by atoms with van der Waals surface area (Å²) in [4.78, 5) is 11.7. The number of hydrogen-bond donors (Lipinski definition) is 1. The minimum absolute atomic E-state index is 0.139. The van der Waals surface area contributed by atoms with Crippen molar-refractivity contribution in [2.75, 3.05) is 19.0 Å². The maximum atomic E-state index is 11.7. The van der Waals surface area contributed by atoms with Crippen molar-refractivity contribution in [1.82, 2.24) is 0 Å². The molecule has 2 aliphatic heterocycles. The Morgan fingerprint density at radius 2 is 1.96 bits per heavy atom. The molecular formula is C21H23NO3. The minimum atomic E-state index is -0.304. The number of methoxy groups -OCH3 is 1. The fraction of sp³-hybridized carbons (Fsp3) is 0.381. The summed E-state index contributed by atoms with van der Waals surface area (Å²) < 4.78 is 10.9. The fourth-order valence-electron chi connectivity index (χ4n) is 4.23. The number of anilines is 1. The van der Waals surface area contributed by atoms with Crippen LogP contribution < -0.4 is 5.32 Å². The normalized spacial score (nSPS) is 24.2. The van der Waals surface area contributed by atoms with Gasteiger partial charge in [0.2, 0.25) is 0 Å². The quantitative estimate of drug-likeness (QED) is 0.829. The Kier molecular flexibility index (Phi) is 4.00. The molecule has 25 heavy (non-hydrogen) atoms. The molecule has 2 aliphatic rings. The maximum absolute atomic E-state index is 11.7. The van der Waals surface area contributed by atoms with E-state index in [-0.39, 0.29) is 18.1 Å². The van der Waals surface area contributed by atoms with Gasteiger partial charge >= 0.3 is 5.97 Å². The third-order valence-corrected chi connectivity index (χ3v) is 5.37. The first-order chi connectivity index (χ1) is 12.1. The van der Waals surface area contributed by atoms with Gasteiger partial charge in [0.1, 0.15) is 0 Å². The van der Waals surface area contributed by atoms with Gasteiger partial charge in [0, 0.05) is 23.8 Å². The second kappa shape index (κ2) is 6.19. The van der Waals surface area contributed by atoms with Crippen LogP contribution in [-0.2, 0) is 9.47 Å². The Bertz CT molecular complexity index is 813. The van der Waals surface area contributed by atoms with Gasteiger partial charge in [0.25, 0.3) is 0 Å². The van der Waals surface area contributed by atoms with Gasteiger partial charge in [-0.3, -0.25) is 0 Å². The lowest BCUT2D eigenvalue weighted by atomic mass is 9.79. The Labute approximate surface area is 148 Å². The SMILES string of the molecule is COC(=O)c1ccc([C@H]2Nc3c(C)cc(C)cc3[C@H]3OCC[C@@H]23)cc1. The summed E-state index contributed by atoms with van der Waals surface area (Å²) in [5, 5.41) is 3.75. The van der Waals surface area contributed by atoms with Crippen molar-refractivity contribution >= 4 is 11.7 Å². The van der Waals surface area contributed by atoms with Crippen LogP contribution in [0.1, 0.15) is 51.2 Å². The molecule has 0 saturated carbocycles. The molecule has 0 unspecified atom stereocenters.